The van der Waals surface area contributed by atoms with Crippen LogP contribution < -0.4 is 10.8 Å². The number of urea groups is 1. The van der Waals surface area contributed by atoms with Gasteiger partial charge in [0.05, 0.1) is 11.3 Å². The van der Waals surface area contributed by atoms with E-state index in [1.54, 1.807) is 12.2 Å². The van der Waals surface area contributed by atoms with Gasteiger partial charge >= 0.3 is 12.2 Å². The van der Waals surface area contributed by atoms with Crippen molar-refractivity contribution in [1.29, 1.82) is 0 Å². The van der Waals surface area contributed by atoms with Gasteiger partial charge in [-0.3, -0.25) is 10.1 Å². The van der Waals surface area contributed by atoms with Crippen molar-refractivity contribution in [1.82, 2.24) is 10.0 Å². The SMILES string of the molecule is Cc1cc(=NC(=O)NC(=O)c2c(F)cccc2F)n(O)c(C)c1-c1ccc(C(F)(F)F)cc1. The lowest BCUT2D eigenvalue weighted by Gasteiger charge is -2.14. The number of pyridine rings is 1. The van der Waals surface area contributed by atoms with Crippen molar-refractivity contribution in [2.75, 3.05) is 0 Å². The zero-order valence-electron chi connectivity index (χ0n) is 17.2. The van der Waals surface area contributed by atoms with Gasteiger partial charge in [-0.15, -0.1) is 0 Å². The minimum Gasteiger partial charge on any atom is -0.427 e. The molecule has 1 aromatic heterocycles. The number of carbonyl (C=O) groups excluding carboxylic acids is 2. The number of hydrogen-bond donors (Lipinski definition) is 2. The summed E-state index contributed by atoms with van der Waals surface area (Å²) in [6.45, 7) is 3.02. The molecule has 3 rings (SSSR count). The first-order chi connectivity index (χ1) is 15.4. The van der Waals surface area contributed by atoms with Crippen LogP contribution in [0.25, 0.3) is 11.1 Å². The van der Waals surface area contributed by atoms with E-state index >= 15 is 0 Å². The van der Waals surface area contributed by atoms with E-state index in [2.05, 4.69) is 4.99 Å². The molecule has 0 aliphatic heterocycles. The largest absolute Gasteiger partial charge is 0.427 e. The Balaban J connectivity index is 1.94. The Morgan fingerprint density at radius 2 is 1.58 bits per heavy atom. The number of aromatic nitrogens is 1. The summed E-state index contributed by atoms with van der Waals surface area (Å²) in [7, 11) is 0. The van der Waals surface area contributed by atoms with Crippen LogP contribution in [0.15, 0.2) is 53.5 Å². The van der Waals surface area contributed by atoms with Crippen molar-refractivity contribution in [3.05, 3.63) is 88.0 Å². The van der Waals surface area contributed by atoms with Crippen LogP contribution in [0.3, 0.4) is 0 Å². The monoisotopic (exact) mass is 465 g/mol. The molecule has 0 saturated heterocycles. The van der Waals surface area contributed by atoms with E-state index in [9.17, 15) is 36.7 Å². The molecule has 0 aliphatic rings. The summed E-state index contributed by atoms with van der Waals surface area (Å²) in [6.07, 6.45) is -4.50. The van der Waals surface area contributed by atoms with Crippen LogP contribution in [0.1, 0.15) is 27.2 Å². The number of benzene rings is 2. The van der Waals surface area contributed by atoms with E-state index in [-0.39, 0.29) is 11.2 Å². The number of amides is 3. The van der Waals surface area contributed by atoms with Gasteiger partial charge in [-0.2, -0.15) is 22.9 Å². The Bertz CT molecular complexity index is 1290. The number of imide groups is 1. The number of hydrogen-bond acceptors (Lipinski definition) is 3. The van der Waals surface area contributed by atoms with Gasteiger partial charge in [0, 0.05) is 5.56 Å². The quantitative estimate of drug-likeness (QED) is 0.423. The van der Waals surface area contributed by atoms with Crippen molar-refractivity contribution < 1.29 is 36.7 Å². The lowest BCUT2D eigenvalue weighted by Crippen LogP contribution is -2.33. The van der Waals surface area contributed by atoms with Crippen LogP contribution in [-0.2, 0) is 6.18 Å². The highest BCUT2D eigenvalue weighted by Gasteiger charge is 2.30. The minimum atomic E-state index is -4.50. The molecule has 172 valence electrons. The molecule has 1 heterocycles. The molecule has 0 spiro atoms. The minimum absolute atomic E-state index is 0.146. The average molecular weight is 465 g/mol. The molecule has 0 fully saturated rings. The van der Waals surface area contributed by atoms with E-state index in [0.29, 0.717) is 21.4 Å². The normalized spacial score (nSPS) is 12.0. The molecule has 2 N–H and O–H groups in total. The Morgan fingerprint density at radius 1 is 1.00 bits per heavy atom. The second-order valence-electron chi connectivity index (χ2n) is 7.00. The maximum atomic E-state index is 13.7. The molecule has 0 saturated carbocycles. The molecule has 0 bridgehead atoms. The smallest absolute Gasteiger partial charge is 0.416 e. The van der Waals surface area contributed by atoms with Gasteiger partial charge in [-0.1, -0.05) is 18.2 Å². The third-order valence-corrected chi connectivity index (χ3v) is 4.76. The molecule has 6 nitrogen and oxygen atoms in total. The number of nitrogens with one attached hydrogen (secondary N) is 1. The molecule has 0 aliphatic carbocycles. The van der Waals surface area contributed by atoms with Gasteiger partial charge in [0.1, 0.15) is 17.2 Å². The summed E-state index contributed by atoms with van der Waals surface area (Å²) >= 11 is 0. The molecule has 3 aromatic rings. The van der Waals surface area contributed by atoms with Crippen LogP contribution >= 0.6 is 0 Å². The van der Waals surface area contributed by atoms with Gasteiger partial charge < -0.3 is 5.21 Å². The van der Waals surface area contributed by atoms with Gasteiger partial charge in [0.15, 0.2) is 5.49 Å². The van der Waals surface area contributed by atoms with Crippen LogP contribution in [0.4, 0.5) is 26.7 Å². The fourth-order valence-corrected chi connectivity index (χ4v) is 3.24. The topological polar surface area (TPSA) is 83.7 Å². The molecule has 3 amide bonds. The number of nitrogens with zero attached hydrogens (tertiary/aromatic N) is 2. The van der Waals surface area contributed by atoms with E-state index in [0.717, 1.165) is 30.3 Å². The first-order valence-corrected chi connectivity index (χ1v) is 9.34. The van der Waals surface area contributed by atoms with Crippen molar-refractivity contribution in [2.24, 2.45) is 4.99 Å². The molecule has 33 heavy (non-hydrogen) atoms. The fourth-order valence-electron chi connectivity index (χ4n) is 3.24. The average Bonchev–Trinajstić information content (AvgIpc) is 2.71. The molecule has 0 radical (unpaired) electrons. The second-order valence-corrected chi connectivity index (χ2v) is 7.00. The summed E-state index contributed by atoms with van der Waals surface area (Å²) in [5.74, 6) is -3.71. The van der Waals surface area contributed by atoms with Gasteiger partial charge in [-0.05, 0) is 55.3 Å². The highest BCUT2D eigenvalue weighted by molar-refractivity contribution is 6.04. The third kappa shape index (κ3) is 4.92. The van der Waals surface area contributed by atoms with Crippen molar-refractivity contribution in [2.45, 2.75) is 20.0 Å². The molecule has 0 unspecified atom stereocenters. The van der Waals surface area contributed by atoms with E-state index in [1.807, 2.05) is 0 Å². The highest BCUT2D eigenvalue weighted by atomic mass is 19.4. The van der Waals surface area contributed by atoms with E-state index in [1.165, 1.54) is 25.1 Å². The summed E-state index contributed by atoms with van der Waals surface area (Å²) in [4.78, 5) is 27.7. The predicted octanol–water partition coefficient (Wildman–Crippen LogP) is 4.76. The molecule has 11 heteroatoms. The number of alkyl halides is 3. The number of carbonyl (C=O) groups is 2. The van der Waals surface area contributed by atoms with E-state index < -0.39 is 40.9 Å². The zero-order chi connectivity index (χ0) is 24.5. The van der Waals surface area contributed by atoms with Crippen LogP contribution in [0.5, 0.6) is 0 Å². The Hall–Kier alpha value is -4.02. The first kappa shape index (κ1) is 23.6. The summed E-state index contributed by atoms with van der Waals surface area (Å²) < 4.78 is 66.3. The number of halogens is 5. The Morgan fingerprint density at radius 3 is 2.12 bits per heavy atom. The number of rotatable bonds is 2. The zero-order valence-corrected chi connectivity index (χ0v) is 17.2. The van der Waals surface area contributed by atoms with Crippen LogP contribution in [-0.4, -0.2) is 21.9 Å². The standard InChI is InChI=1S/C22H16F5N3O3/c1-11-10-17(28-21(32)29-20(31)19-15(23)4-3-5-16(19)24)30(33)12(2)18(11)13-6-8-14(9-7-13)22(25,26)27/h3-10,33H,1-2H3,(H,29,31,32). The Labute approximate surface area is 183 Å². The van der Waals surface area contributed by atoms with Gasteiger partial charge in [0.2, 0.25) is 0 Å². The van der Waals surface area contributed by atoms with Gasteiger partial charge in [-0.25, -0.2) is 13.6 Å². The third-order valence-electron chi connectivity index (χ3n) is 4.76. The lowest BCUT2D eigenvalue weighted by atomic mass is 9.98. The Kier molecular flexibility index (Phi) is 6.34. The predicted molar refractivity (Wildman–Crippen MR) is 106 cm³/mol. The molecular formula is C22H16F5N3O3. The van der Waals surface area contributed by atoms with Crippen molar-refractivity contribution in [3.63, 3.8) is 0 Å². The molecule has 2 aromatic carbocycles. The van der Waals surface area contributed by atoms with Crippen molar-refractivity contribution >= 4 is 11.9 Å². The maximum absolute atomic E-state index is 13.7. The lowest BCUT2D eigenvalue weighted by molar-refractivity contribution is -0.137. The second kappa shape index (κ2) is 8.85. The molecule has 0 atom stereocenters. The van der Waals surface area contributed by atoms with Crippen LogP contribution in [0, 0.1) is 25.5 Å². The summed E-state index contributed by atoms with van der Waals surface area (Å²) in [5.41, 5.74) is -0.749. The highest BCUT2D eigenvalue weighted by Crippen LogP contribution is 2.32. The van der Waals surface area contributed by atoms with Gasteiger partial charge in [0.25, 0.3) is 5.91 Å². The van der Waals surface area contributed by atoms with Crippen LogP contribution in [0.2, 0.25) is 0 Å². The van der Waals surface area contributed by atoms with Crippen molar-refractivity contribution in [3.8, 4) is 11.1 Å². The summed E-state index contributed by atoms with van der Waals surface area (Å²) in [6, 6.07) is 6.96. The number of aryl methyl sites for hydroxylation is 1. The maximum Gasteiger partial charge on any atom is 0.416 e. The first-order valence-electron chi connectivity index (χ1n) is 9.34. The fraction of sp³-hybridized carbons (Fsp3) is 0.136. The summed E-state index contributed by atoms with van der Waals surface area (Å²) in [5, 5.41) is 12.1. The van der Waals surface area contributed by atoms with E-state index in [4.69, 9.17) is 0 Å². The molecular weight excluding hydrogens is 449 g/mol.